The van der Waals surface area contributed by atoms with E-state index in [0.717, 1.165) is 80.9 Å². The van der Waals surface area contributed by atoms with Gasteiger partial charge in [-0.05, 0) is 177 Å². The van der Waals surface area contributed by atoms with Crippen LogP contribution < -0.4 is 0 Å². The predicted octanol–water partition coefficient (Wildman–Crippen LogP) is 13.6. The number of rotatable bonds is 37. The third kappa shape index (κ3) is 24.7. The Morgan fingerprint density at radius 3 is 1.30 bits per heavy atom. The van der Waals surface area contributed by atoms with Crippen LogP contribution in [0.2, 0.25) is 0 Å². The lowest BCUT2D eigenvalue weighted by Gasteiger charge is -2.46. The number of allylic oxidation sites excluding steroid dienone is 7. The van der Waals surface area contributed by atoms with E-state index in [2.05, 4.69) is 39.8 Å². The Balaban J connectivity index is 0.000000391. The number of methoxy groups -OCH3 is 6. The van der Waals surface area contributed by atoms with E-state index in [9.17, 15) is 48.6 Å². The summed E-state index contributed by atoms with van der Waals surface area (Å²) in [5.74, 6) is -11.5. The Morgan fingerprint density at radius 1 is 0.523 bits per heavy atom. The molecule has 0 aromatic heterocycles. The molecule has 0 radical (unpaired) electrons. The van der Waals surface area contributed by atoms with Gasteiger partial charge in [-0.25, -0.2) is 9.59 Å². The van der Waals surface area contributed by atoms with E-state index in [4.69, 9.17) is 47.4 Å². The summed E-state index contributed by atoms with van der Waals surface area (Å²) in [6, 6.07) is -2.04. The van der Waals surface area contributed by atoms with Gasteiger partial charge < -0.3 is 67.4 Å². The summed E-state index contributed by atoms with van der Waals surface area (Å²) < 4.78 is 59.1. The van der Waals surface area contributed by atoms with Crippen LogP contribution in [0.3, 0.4) is 0 Å². The van der Waals surface area contributed by atoms with Crippen LogP contribution in [0, 0.1) is 65.1 Å². The molecule has 6 rings (SSSR count). The summed E-state index contributed by atoms with van der Waals surface area (Å²) in [4.78, 5) is 113. The van der Waals surface area contributed by atoms with Crippen LogP contribution in [0.5, 0.6) is 0 Å². The lowest BCUT2D eigenvalue weighted by Crippen LogP contribution is -2.63. The van der Waals surface area contributed by atoms with Crippen molar-refractivity contribution in [3.8, 4) is 0 Å². The Kier molecular flexibility index (Phi) is 38.6. The van der Waals surface area contributed by atoms with E-state index in [0.29, 0.717) is 56.8 Å². The first-order valence-corrected chi connectivity index (χ1v) is 41.1. The lowest BCUT2D eigenvalue weighted by molar-refractivity contribution is -0.302. The minimum atomic E-state index is -2.42. The first-order valence-electron chi connectivity index (χ1n) is 41.1. The molecule has 4 saturated heterocycles. The second-order valence-corrected chi connectivity index (χ2v) is 33.1. The number of aliphatic hydroxyl groups is 2. The normalized spacial score (nSPS) is 32.0. The van der Waals surface area contributed by atoms with Gasteiger partial charge in [-0.2, -0.15) is 0 Å². The molecule has 0 aromatic carbocycles. The number of carbonyl (C=O) groups excluding carboxylic acids is 8. The number of Topliss-reactive ketones (excluding diaryl/α,β-unsaturated/α-hetero) is 3. The molecule has 4 heterocycles. The number of hydrogen-bond donors (Lipinski definition) is 2. The second kappa shape index (κ2) is 44.5. The van der Waals surface area contributed by atoms with Crippen molar-refractivity contribution >= 4 is 46.9 Å². The molecule has 22 nitrogen and oxygen atoms in total. The summed E-state index contributed by atoms with van der Waals surface area (Å²) in [6.45, 7) is 33.8. The molecule has 25 atom stereocenters. The maximum atomic E-state index is 14.2. The third-order valence-electron chi connectivity index (χ3n) is 25.0. The number of likely N-dealkylation sites (tertiary alicyclic amines) is 2. The van der Waals surface area contributed by atoms with Gasteiger partial charge in [0.25, 0.3) is 23.4 Å². The number of nitrogens with zero attached hydrogens (tertiary/aromatic N) is 2. The SMILES string of the molecule is CCCC(OC)C1OC(O)(C(=O)C(=O)N2CCCC2C(=O)OC(/C(C)=C/C2CCC(C)C(OC)C2)C(C)/C=C/C(=O)C(C)/C=C(\C)CC)C(C)CC1OC.CCCC(OC)C1OC(O)(C(=O)C(=O)N2CCCC2C(=O)OC(/C(C)=C/C2CCC(C)C(OC)C2)C(C)C(C)CC(=O)C(C)/C=C(\C)CC)C(C)CC1OC. The van der Waals surface area contributed by atoms with Gasteiger partial charge in [0.2, 0.25) is 11.6 Å². The second-order valence-electron chi connectivity index (χ2n) is 33.1. The molecule has 0 aromatic rings. The quantitative estimate of drug-likeness (QED) is 0.0253. The summed E-state index contributed by atoms with van der Waals surface area (Å²) >= 11 is 0. The van der Waals surface area contributed by atoms with E-state index in [1.54, 1.807) is 61.5 Å². The van der Waals surface area contributed by atoms with Crippen LogP contribution in [0.15, 0.2) is 58.7 Å². The molecule has 6 fully saturated rings. The number of ether oxygens (including phenoxy) is 10. The van der Waals surface area contributed by atoms with Gasteiger partial charge in [-0.1, -0.05) is 144 Å². The van der Waals surface area contributed by atoms with Crippen molar-refractivity contribution in [2.24, 2.45) is 65.1 Å². The van der Waals surface area contributed by atoms with Crippen molar-refractivity contribution in [3.05, 3.63) is 58.7 Å². The summed E-state index contributed by atoms with van der Waals surface area (Å²) in [6.07, 6.45) is 19.9. The maximum Gasteiger partial charge on any atom is 0.329 e. The first kappa shape index (κ1) is 94.5. The van der Waals surface area contributed by atoms with Crippen LogP contribution in [0.25, 0.3) is 0 Å². The number of esters is 2. The average molecular weight is 1540 g/mol. The van der Waals surface area contributed by atoms with Crippen LogP contribution in [0.4, 0.5) is 0 Å². The highest BCUT2D eigenvalue weighted by Gasteiger charge is 2.59. The standard InChI is InChI=1S/C44H73NO10.C43H69NO10/c1-13-16-36(51-10)40-38(53-12)24-31(8)44(50,55-40)41(47)42(48)45-20-15-17-34(45)43(49)54-39(30(7)22-33-19-18-27(4)37(25-33)52-11)32(9)28(5)23-35(46)29(6)21-26(3)14-2;1-12-15-35(50-9)39-37(52-11)24-31(8)43(49,54-39)40(46)41(47)44-21-14-16-33(44)42(48)53-38(28(5)18-20-34(45)29(6)22-26(3)13-2)30(7)23-32-19-17-27(4)36(25-32)51-10/h21-22,27-29,31-34,36-40,50H,13-20,23-25H2,1-12H3;18,20,22-23,27-29,31-33,35-39,49H,12-17,19,21,24-25H2,1-11H3/b26-21+,30-22+;20-18+,26-22+,30-23+. The predicted molar refractivity (Wildman–Crippen MR) is 419 cm³/mol. The van der Waals surface area contributed by atoms with E-state index < -0.39 is 120 Å². The molecule has 2 saturated carbocycles. The Hall–Kier alpha value is -5.14. The number of carbonyl (C=O) groups is 8. The fourth-order valence-electron chi connectivity index (χ4n) is 17.1. The van der Waals surface area contributed by atoms with E-state index in [1.807, 2.05) is 88.3 Å². The molecule has 0 bridgehead atoms. The van der Waals surface area contributed by atoms with Crippen molar-refractivity contribution in [1.29, 1.82) is 0 Å². The molecule has 25 unspecified atom stereocenters. The zero-order valence-corrected chi connectivity index (χ0v) is 70.7. The molecule has 109 heavy (non-hydrogen) atoms. The molecule has 4 aliphatic heterocycles. The summed E-state index contributed by atoms with van der Waals surface area (Å²) in [5, 5.41) is 23.6. The number of amides is 2. The van der Waals surface area contributed by atoms with Crippen molar-refractivity contribution < 1.29 is 95.9 Å². The summed E-state index contributed by atoms with van der Waals surface area (Å²) in [5.41, 5.74) is 4.05. The largest absolute Gasteiger partial charge is 0.456 e. The number of ketones is 4. The first-order chi connectivity index (χ1) is 51.5. The van der Waals surface area contributed by atoms with Crippen LogP contribution in [-0.4, -0.2) is 207 Å². The molecule has 22 heteroatoms. The topological polar surface area (TPSA) is 276 Å². The van der Waals surface area contributed by atoms with E-state index in [-0.39, 0.29) is 91.1 Å². The monoisotopic (exact) mass is 1540 g/mol. The van der Waals surface area contributed by atoms with Crippen LogP contribution in [-0.2, 0) is 85.7 Å². The van der Waals surface area contributed by atoms with Gasteiger partial charge in [-0.15, -0.1) is 0 Å². The molecule has 0 spiro atoms. The molecular weight excluding hydrogens is 1390 g/mol. The lowest BCUT2D eigenvalue weighted by atomic mass is 9.78. The molecule has 2 amide bonds. The van der Waals surface area contributed by atoms with Crippen molar-refractivity contribution in [1.82, 2.24) is 9.80 Å². The van der Waals surface area contributed by atoms with Crippen molar-refractivity contribution in [2.45, 2.75) is 324 Å². The molecular formula is C87H142N2O20. The highest BCUT2D eigenvalue weighted by molar-refractivity contribution is 6.39. The van der Waals surface area contributed by atoms with Gasteiger partial charge in [0.1, 0.15) is 42.3 Å². The fraction of sp³-hybridized carbons (Fsp3) is 0.793. The highest BCUT2D eigenvalue weighted by atomic mass is 16.7. The van der Waals surface area contributed by atoms with Gasteiger partial charge >= 0.3 is 11.9 Å². The van der Waals surface area contributed by atoms with Gasteiger partial charge in [-0.3, -0.25) is 28.8 Å². The zero-order valence-electron chi connectivity index (χ0n) is 70.7. The van der Waals surface area contributed by atoms with Crippen molar-refractivity contribution in [2.75, 3.05) is 55.7 Å². The third-order valence-corrected chi connectivity index (χ3v) is 25.0. The van der Waals surface area contributed by atoms with E-state index >= 15 is 0 Å². The van der Waals surface area contributed by atoms with E-state index in [1.165, 1.54) is 22.5 Å². The van der Waals surface area contributed by atoms with Gasteiger partial charge in [0.05, 0.1) is 36.6 Å². The summed E-state index contributed by atoms with van der Waals surface area (Å²) in [7, 11) is 9.66. The van der Waals surface area contributed by atoms with Crippen LogP contribution >= 0.6 is 0 Å². The smallest absolute Gasteiger partial charge is 0.329 e. The number of hydrogen-bond acceptors (Lipinski definition) is 20. The van der Waals surface area contributed by atoms with Crippen molar-refractivity contribution in [3.63, 3.8) is 0 Å². The zero-order chi connectivity index (χ0) is 81.5. The minimum Gasteiger partial charge on any atom is -0.456 e. The highest BCUT2D eigenvalue weighted by Crippen LogP contribution is 2.42. The minimum absolute atomic E-state index is 0.0423. The van der Waals surface area contributed by atoms with Gasteiger partial charge in [0, 0.05) is 97.7 Å². The van der Waals surface area contributed by atoms with Gasteiger partial charge in [0.15, 0.2) is 5.78 Å². The molecule has 620 valence electrons. The Bertz CT molecular complexity index is 3130. The molecule has 2 N–H and O–H groups in total. The van der Waals surface area contributed by atoms with Crippen LogP contribution in [0.1, 0.15) is 240 Å². The fourth-order valence-corrected chi connectivity index (χ4v) is 17.1. The Labute approximate surface area is 653 Å². The Morgan fingerprint density at radius 2 is 0.917 bits per heavy atom. The molecule has 6 aliphatic rings. The maximum absolute atomic E-state index is 14.2. The molecule has 2 aliphatic carbocycles. The average Bonchev–Trinajstić information content (AvgIpc) is 1.51.